The fraction of sp³-hybridized carbons (Fsp3) is 0. The molecule has 0 amide bonds. The number of hydrogen-bond acceptors (Lipinski definition) is 3. The second kappa shape index (κ2) is 5.83. The summed E-state index contributed by atoms with van der Waals surface area (Å²) < 4.78 is 6.10. The van der Waals surface area contributed by atoms with Gasteiger partial charge in [0.05, 0.1) is 6.20 Å². The van der Waals surface area contributed by atoms with Crippen molar-refractivity contribution >= 4 is 54.9 Å². The van der Waals surface area contributed by atoms with Gasteiger partial charge in [0.15, 0.2) is 5.58 Å². The van der Waals surface area contributed by atoms with Crippen LogP contribution in [0, 0.1) is 0 Å². The predicted octanol–water partition coefficient (Wildman–Crippen LogP) is 7.03. The molecule has 0 aliphatic heterocycles. The van der Waals surface area contributed by atoms with Crippen molar-refractivity contribution in [2.45, 2.75) is 0 Å². The van der Waals surface area contributed by atoms with Gasteiger partial charge in [0.2, 0.25) is 0 Å². The molecule has 2 heterocycles. The summed E-state index contributed by atoms with van der Waals surface area (Å²) in [7, 11) is 0. The van der Waals surface area contributed by atoms with Crippen molar-refractivity contribution in [3.63, 3.8) is 0 Å². The molecule has 132 valence electrons. The molecule has 0 spiro atoms. The lowest BCUT2D eigenvalue weighted by Crippen LogP contribution is -1.92. The van der Waals surface area contributed by atoms with Crippen molar-refractivity contribution < 1.29 is 4.42 Å². The summed E-state index contributed by atoms with van der Waals surface area (Å²) in [5.74, 6) is 0. The molecule has 0 radical (unpaired) electrons. The first-order valence-corrected chi connectivity index (χ1v) is 9.31. The van der Waals surface area contributed by atoms with Gasteiger partial charge < -0.3 is 9.73 Å². The van der Waals surface area contributed by atoms with Gasteiger partial charge in [-0.25, -0.2) is 0 Å². The van der Waals surface area contributed by atoms with Crippen molar-refractivity contribution in [3.05, 3.63) is 91.3 Å². The standard InChI is InChI=1S/C25H16N2O/c1-2-6-19-16(5-1)9-10-17-13-18(11-12-20(17)19)27-23-15-26-14-22-21-7-3-4-8-24(21)28-25(22)23/h1-15,27H. The van der Waals surface area contributed by atoms with Crippen LogP contribution in [0.25, 0.3) is 43.5 Å². The molecular formula is C25H16N2O. The molecule has 6 rings (SSSR count). The molecule has 0 fully saturated rings. The van der Waals surface area contributed by atoms with E-state index < -0.39 is 0 Å². The summed E-state index contributed by atoms with van der Waals surface area (Å²) in [6.07, 6.45) is 3.67. The van der Waals surface area contributed by atoms with Crippen molar-refractivity contribution in [1.29, 1.82) is 0 Å². The van der Waals surface area contributed by atoms with E-state index in [2.05, 4.69) is 71.0 Å². The topological polar surface area (TPSA) is 38.1 Å². The van der Waals surface area contributed by atoms with Gasteiger partial charge in [-0.15, -0.1) is 0 Å². The van der Waals surface area contributed by atoms with E-state index in [0.29, 0.717) is 0 Å². The SMILES string of the molecule is c1ccc2c(c1)ccc1cc(Nc3cncc4c3oc3ccccc34)ccc12. The van der Waals surface area contributed by atoms with Crippen molar-refractivity contribution in [1.82, 2.24) is 4.98 Å². The Morgan fingerprint density at radius 1 is 0.643 bits per heavy atom. The Balaban J connectivity index is 1.49. The number of nitrogens with one attached hydrogen (secondary N) is 1. The molecular weight excluding hydrogens is 344 g/mol. The number of aromatic nitrogens is 1. The molecule has 1 N–H and O–H groups in total. The van der Waals surface area contributed by atoms with Gasteiger partial charge in [-0.05, 0) is 39.7 Å². The highest BCUT2D eigenvalue weighted by Crippen LogP contribution is 2.34. The summed E-state index contributed by atoms with van der Waals surface area (Å²) in [5, 5.41) is 10.6. The van der Waals surface area contributed by atoms with E-state index in [4.69, 9.17) is 4.42 Å². The van der Waals surface area contributed by atoms with Crippen LogP contribution >= 0.6 is 0 Å². The molecule has 28 heavy (non-hydrogen) atoms. The lowest BCUT2D eigenvalue weighted by Gasteiger charge is -2.09. The smallest absolute Gasteiger partial charge is 0.161 e. The van der Waals surface area contributed by atoms with Crippen LogP contribution in [0.5, 0.6) is 0 Å². The normalized spacial score (nSPS) is 11.6. The number of nitrogens with zero attached hydrogens (tertiary/aromatic N) is 1. The molecule has 2 aromatic heterocycles. The lowest BCUT2D eigenvalue weighted by atomic mass is 10.0. The third kappa shape index (κ3) is 2.26. The van der Waals surface area contributed by atoms with E-state index in [1.165, 1.54) is 21.5 Å². The van der Waals surface area contributed by atoms with E-state index in [0.717, 1.165) is 33.3 Å². The number of rotatable bonds is 2. The lowest BCUT2D eigenvalue weighted by molar-refractivity contribution is 0.669. The maximum absolute atomic E-state index is 6.10. The molecule has 0 bridgehead atoms. The van der Waals surface area contributed by atoms with Gasteiger partial charge in [0.25, 0.3) is 0 Å². The fourth-order valence-corrected chi connectivity index (χ4v) is 3.97. The monoisotopic (exact) mass is 360 g/mol. The molecule has 0 atom stereocenters. The average Bonchev–Trinajstić information content (AvgIpc) is 3.13. The minimum atomic E-state index is 0.829. The van der Waals surface area contributed by atoms with Crippen molar-refractivity contribution in [2.24, 2.45) is 0 Å². The van der Waals surface area contributed by atoms with Crippen LogP contribution in [0.15, 0.2) is 95.7 Å². The Labute approximate surface area is 161 Å². The largest absolute Gasteiger partial charge is 0.454 e. The highest BCUT2D eigenvalue weighted by Gasteiger charge is 2.11. The number of benzene rings is 4. The Morgan fingerprint density at radius 2 is 1.43 bits per heavy atom. The molecule has 0 saturated carbocycles. The zero-order chi connectivity index (χ0) is 18.5. The first-order chi connectivity index (χ1) is 13.9. The summed E-state index contributed by atoms with van der Waals surface area (Å²) >= 11 is 0. The van der Waals surface area contributed by atoms with Crippen LogP contribution < -0.4 is 5.32 Å². The number of furan rings is 1. The third-order valence-electron chi connectivity index (χ3n) is 5.31. The van der Waals surface area contributed by atoms with Gasteiger partial charge in [0, 0.05) is 22.7 Å². The second-order valence-corrected chi connectivity index (χ2v) is 7.01. The average molecular weight is 360 g/mol. The first-order valence-electron chi connectivity index (χ1n) is 9.31. The predicted molar refractivity (Wildman–Crippen MR) is 116 cm³/mol. The highest BCUT2D eigenvalue weighted by atomic mass is 16.3. The van der Waals surface area contributed by atoms with Crippen LogP contribution in [0.4, 0.5) is 11.4 Å². The van der Waals surface area contributed by atoms with Crippen LogP contribution in [0.3, 0.4) is 0 Å². The maximum atomic E-state index is 6.10. The summed E-state index contributed by atoms with van der Waals surface area (Å²) in [5.41, 5.74) is 3.58. The Bertz CT molecular complexity index is 1500. The molecule has 6 aromatic rings. The zero-order valence-electron chi connectivity index (χ0n) is 15.0. The molecule has 0 saturated heterocycles. The van der Waals surface area contributed by atoms with Crippen LogP contribution in [-0.2, 0) is 0 Å². The first kappa shape index (κ1) is 15.2. The van der Waals surface area contributed by atoms with E-state index >= 15 is 0 Å². The van der Waals surface area contributed by atoms with Gasteiger partial charge in [-0.1, -0.05) is 60.7 Å². The van der Waals surface area contributed by atoms with E-state index in [1.807, 2.05) is 30.6 Å². The summed E-state index contributed by atoms with van der Waals surface area (Å²) in [6.45, 7) is 0. The molecule has 0 unspecified atom stereocenters. The Kier molecular flexibility index (Phi) is 3.17. The molecule has 3 heteroatoms. The number of fused-ring (bicyclic) bond motifs is 6. The minimum Gasteiger partial charge on any atom is -0.454 e. The van der Waals surface area contributed by atoms with Gasteiger partial charge in [-0.2, -0.15) is 0 Å². The molecule has 4 aromatic carbocycles. The second-order valence-electron chi connectivity index (χ2n) is 7.01. The molecule has 3 nitrogen and oxygen atoms in total. The van der Waals surface area contributed by atoms with E-state index in [9.17, 15) is 0 Å². The number of hydrogen-bond donors (Lipinski definition) is 1. The zero-order valence-corrected chi connectivity index (χ0v) is 15.0. The fourth-order valence-electron chi connectivity index (χ4n) is 3.97. The minimum absolute atomic E-state index is 0.829. The molecule has 0 aliphatic carbocycles. The Morgan fingerprint density at radius 3 is 2.39 bits per heavy atom. The number of para-hydroxylation sites is 1. The van der Waals surface area contributed by atoms with Gasteiger partial charge in [0.1, 0.15) is 11.3 Å². The van der Waals surface area contributed by atoms with Crippen LogP contribution in [-0.4, -0.2) is 4.98 Å². The van der Waals surface area contributed by atoms with Gasteiger partial charge in [-0.3, -0.25) is 4.98 Å². The van der Waals surface area contributed by atoms with Crippen molar-refractivity contribution in [2.75, 3.05) is 5.32 Å². The van der Waals surface area contributed by atoms with Gasteiger partial charge >= 0.3 is 0 Å². The molecule has 0 aliphatic rings. The number of anilines is 2. The third-order valence-corrected chi connectivity index (χ3v) is 5.31. The maximum Gasteiger partial charge on any atom is 0.161 e. The van der Waals surface area contributed by atoms with E-state index in [-0.39, 0.29) is 0 Å². The van der Waals surface area contributed by atoms with E-state index in [1.54, 1.807) is 0 Å². The Hall–Kier alpha value is -3.85. The van der Waals surface area contributed by atoms with Crippen LogP contribution in [0.1, 0.15) is 0 Å². The summed E-state index contributed by atoms with van der Waals surface area (Å²) in [4.78, 5) is 4.41. The van der Waals surface area contributed by atoms with Crippen molar-refractivity contribution in [3.8, 4) is 0 Å². The quantitative estimate of drug-likeness (QED) is 0.337. The summed E-state index contributed by atoms with van der Waals surface area (Å²) in [6, 6.07) is 27.3. The highest BCUT2D eigenvalue weighted by molar-refractivity contribution is 6.10. The number of pyridine rings is 1. The van der Waals surface area contributed by atoms with Crippen LogP contribution in [0.2, 0.25) is 0 Å².